The van der Waals surface area contributed by atoms with E-state index in [1.165, 1.54) is 13.8 Å². The maximum absolute atomic E-state index is 14.0. The minimum Gasteiger partial charge on any atom is -0.490 e. The molecule has 0 radical (unpaired) electrons. The fourth-order valence-electron chi connectivity index (χ4n) is 1.84. The molecule has 1 aliphatic rings. The van der Waals surface area contributed by atoms with Gasteiger partial charge in [-0.25, -0.2) is 4.39 Å². The van der Waals surface area contributed by atoms with E-state index in [-0.39, 0.29) is 0 Å². The van der Waals surface area contributed by atoms with Crippen LogP contribution in [-0.4, -0.2) is 19.5 Å². The van der Waals surface area contributed by atoms with E-state index in [9.17, 15) is 9.18 Å². The van der Waals surface area contributed by atoms with Crippen molar-refractivity contribution in [2.75, 3.05) is 13.2 Å². The van der Waals surface area contributed by atoms with Crippen molar-refractivity contribution in [1.82, 2.24) is 0 Å². The fraction of sp³-hybridized carbons (Fsp3) is 0.462. The van der Waals surface area contributed by atoms with Gasteiger partial charge in [0.05, 0.1) is 13.2 Å². The smallest absolute Gasteiger partial charge is 0.161 e. The summed E-state index contributed by atoms with van der Waals surface area (Å²) in [6, 6.07) is 3.11. The van der Waals surface area contributed by atoms with Crippen molar-refractivity contribution in [2.24, 2.45) is 0 Å². The van der Waals surface area contributed by atoms with Crippen LogP contribution in [0.25, 0.3) is 0 Å². The monoisotopic (exact) mass is 238 g/mol. The molecule has 0 unspecified atom stereocenters. The van der Waals surface area contributed by atoms with Crippen molar-refractivity contribution in [3.63, 3.8) is 0 Å². The average Bonchev–Trinajstić information content (AvgIpc) is 2.50. The van der Waals surface area contributed by atoms with E-state index < -0.39 is 5.67 Å². The number of carbonyl (C=O) groups excluding carboxylic acids is 1. The quantitative estimate of drug-likeness (QED) is 0.743. The lowest BCUT2D eigenvalue weighted by Crippen LogP contribution is -2.13. The number of halogens is 1. The van der Waals surface area contributed by atoms with Crippen LogP contribution in [0.15, 0.2) is 12.1 Å². The van der Waals surface area contributed by atoms with Crippen LogP contribution in [0.1, 0.15) is 36.2 Å². The van der Waals surface area contributed by atoms with E-state index in [2.05, 4.69) is 0 Å². The number of hydrogen-bond donors (Lipinski definition) is 0. The number of hydrogen-bond acceptors (Lipinski definition) is 3. The lowest BCUT2D eigenvalue weighted by molar-refractivity contribution is 0.111. The van der Waals surface area contributed by atoms with Crippen LogP contribution in [0, 0.1) is 0 Å². The molecule has 1 aliphatic heterocycles. The van der Waals surface area contributed by atoms with Gasteiger partial charge in [-0.2, -0.15) is 0 Å². The van der Waals surface area contributed by atoms with Gasteiger partial charge in [0.2, 0.25) is 0 Å². The summed E-state index contributed by atoms with van der Waals surface area (Å²) in [5, 5.41) is 0. The number of fused-ring (bicyclic) bond motifs is 1. The molecule has 0 saturated carbocycles. The van der Waals surface area contributed by atoms with Crippen molar-refractivity contribution in [3.05, 3.63) is 23.3 Å². The summed E-state index contributed by atoms with van der Waals surface area (Å²) in [6.07, 6.45) is 1.42. The van der Waals surface area contributed by atoms with E-state index in [1.807, 2.05) is 0 Å². The van der Waals surface area contributed by atoms with Gasteiger partial charge in [0.1, 0.15) is 5.67 Å². The van der Waals surface area contributed by atoms with Crippen molar-refractivity contribution in [2.45, 2.75) is 25.9 Å². The Labute approximate surface area is 99.5 Å². The first-order valence-electron chi connectivity index (χ1n) is 5.60. The lowest BCUT2D eigenvalue weighted by Gasteiger charge is -2.19. The van der Waals surface area contributed by atoms with E-state index in [4.69, 9.17) is 9.47 Å². The molecular formula is C13H15FO3. The molecule has 17 heavy (non-hydrogen) atoms. The molecule has 92 valence electrons. The summed E-state index contributed by atoms with van der Waals surface area (Å²) in [4.78, 5) is 11.0. The first-order chi connectivity index (χ1) is 8.02. The molecule has 0 fully saturated rings. The van der Waals surface area contributed by atoms with Gasteiger partial charge >= 0.3 is 0 Å². The van der Waals surface area contributed by atoms with Gasteiger partial charge in [0.15, 0.2) is 17.8 Å². The van der Waals surface area contributed by atoms with Crippen LogP contribution in [-0.2, 0) is 5.67 Å². The first kappa shape index (κ1) is 11.9. The Morgan fingerprint density at radius 2 is 1.82 bits per heavy atom. The Balaban J connectivity index is 2.54. The van der Waals surface area contributed by atoms with Crippen LogP contribution in [0.3, 0.4) is 0 Å². The predicted octanol–water partition coefficient (Wildman–Crippen LogP) is 2.87. The van der Waals surface area contributed by atoms with Gasteiger partial charge in [-0.1, -0.05) is 0 Å². The van der Waals surface area contributed by atoms with Crippen molar-refractivity contribution < 1.29 is 18.7 Å². The molecule has 0 aliphatic carbocycles. The number of alkyl halides is 1. The predicted molar refractivity (Wildman–Crippen MR) is 61.6 cm³/mol. The first-order valence-corrected chi connectivity index (χ1v) is 5.60. The molecule has 1 heterocycles. The zero-order valence-corrected chi connectivity index (χ0v) is 9.96. The van der Waals surface area contributed by atoms with Gasteiger partial charge in [-0.15, -0.1) is 0 Å². The Morgan fingerprint density at radius 1 is 1.24 bits per heavy atom. The van der Waals surface area contributed by atoms with E-state index >= 15 is 0 Å². The normalized spacial score (nSPS) is 15.2. The lowest BCUT2D eigenvalue weighted by atomic mass is 9.94. The second-order valence-electron chi connectivity index (χ2n) is 4.53. The van der Waals surface area contributed by atoms with Crippen LogP contribution in [0.2, 0.25) is 0 Å². The molecule has 0 amide bonds. The molecule has 0 atom stereocenters. The van der Waals surface area contributed by atoms with Gasteiger partial charge < -0.3 is 9.47 Å². The molecule has 0 N–H and O–H groups in total. The molecule has 3 nitrogen and oxygen atoms in total. The molecule has 0 bridgehead atoms. The molecule has 1 aromatic carbocycles. The molecule has 0 aromatic heterocycles. The third-order valence-corrected chi connectivity index (χ3v) is 2.69. The van der Waals surface area contributed by atoms with E-state index in [0.717, 1.165) is 6.42 Å². The Morgan fingerprint density at radius 3 is 2.35 bits per heavy atom. The van der Waals surface area contributed by atoms with Gasteiger partial charge in [-0.3, -0.25) is 4.79 Å². The van der Waals surface area contributed by atoms with Gasteiger partial charge in [0.25, 0.3) is 0 Å². The maximum Gasteiger partial charge on any atom is 0.161 e. The van der Waals surface area contributed by atoms with Crippen LogP contribution < -0.4 is 9.47 Å². The van der Waals surface area contributed by atoms with Crippen molar-refractivity contribution in [1.29, 1.82) is 0 Å². The summed E-state index contributed by atoms with van der Waals surface area (Å²) in [6.45, 7) is 3.92. The van der Waals surface area contributed by atoms with Crippen LogP contribution >= 0.6 is 0 Å². The van der Waals surface area contributed by atoms with Crippen LogP contribution in [0.5, 0.6) is 11.5 Å². The SMILES string of the molecule is CC(C)(F)c1cc2c(cc1C=O)OCCCO2. The summed E-state index contributed by atoms with van der Waals surface area (Å²) in [7, 11) is 0. The highest BCUT2D eigenvalue weighted by Gasteiger charge is 2.25. The fourth-order valence-corrected chi connectivity index (χ4v) is 1.84. The number of benzene rings is 1. The highest BCUT2D eigenvalue weighted by atomic mass is 19.1. The molecule has 1 aromatic rings. The standard InChI is InChI=1S/C13H15FO3/c1-13(2,14)10-7-12-11(6-9(10)8-15)16-4-3-5-17-12/h6-8H,3-5H2,1-2H3. The Hall–Kier alpha value is -1.58. The number of carbonyl (C=O) groups is 1. The highest BCUT2D eigenvalue weighted by molar-refractivity contribution is 5.80. The second kappa shape index (κ2) is 4.35. The molecule has 2 rings (SSSR count). The third-order valence-electron chi connectivity index (χ3n) is 2.69. The summed E-state index contributed by atoms with van der Waals surface area (Å²) >= 11 is 0. The molecule has 0 saturated heterocycles. The average molecular weight is 238 g/mol. The topological polar surface area (TPSA) is 35.5 Å². The zero-order valence-electron chi connectivity index (χ0n) is 9.96. The van der Waals surface area contributed by atoms with E-state index in [0.29, 0.717) is 42.1 Å². The second-order valence-corrected chi connectivity index (χ2v) is 4.53. The highest BCUT2D eigenvalue weighted by Crippen LogP contribution is 2.37. The number of rotatable bonds is 2. The summed E-state index contributed by atoms with van der Waals surface area (Å²) < 4.78 is 24.9. The zero-order chi connectivity index (χ0) is 12.5. The summed E-state index contributed by atoms with van der Waals surface area (Å²) in [5.41, 5.74) is -0.945. The van der Waals surface area contributed by atoms with Crippen molar-refractivity contribution >= 4 is 6.29 Å². The molecule has 4 heteroatoms. The van der Waals surface area contributed by atoms with Gasteiger partial charge in [-0.05, 0) is 26.0 Å². The number of ether oxygens (including phenoxy) is 2. The van der Waals surface area contributed by atoms with Gasteiger partial charge in [0, 0.05) is 17.5 Å². The van der Waals surface area contributed by atoms with Crippen LogP contribution in [0.4, 0.5) is 4.39 Å². The minimum atomic E-state index is -1.58. The van der Waals surface area contributed by atoms with Crippen molar-refractivity contribution in [3.8, 4) is 11.5 Å². The number of aldehydes is 1. The largest absolute Gasteiger partial charge is 0.490 e. The molecular weight excluding hydrogens is 223 g/mol. The van der Waals surface area contributed by atoms with E-state index in [1.54, 1.807) is 12.1 Å². The third kappa shape index (κ3) is 2.40. The Kier molecular flexibility index (Phi) is 3.05. The minimum absolute atomic E-state index is 0.307. The maximum atomic E-state index is 14.0. The molecule has 0 spiro atoms. The summed E-state index contributed by atoms with van der Waals surface area (Å²) in [5.74, 6) is 1.02. The Bertz CT molecular complexity index is 435.